The summed E-state index contributed by atoms with van der Waals surface area (Å²) >= 11 is 3.58. The van der Waals surface area contributed by atoms with Crippen molar-refractivity contribution in [1.82, 2.24) is 0 Å². The number of halogens is 1. The summed E-state index contributed by atoms with van der Waals surface area (Å²) in [5, 5.41) is 4.14. The Bertz CT molecular complexity index is 564. The fourth-order valence-electron chi connectivity index (χ4n) is 1.76. The van der Waals surface area contributed by atoms with Gasteiger partial charge in [0.25, 0.3) is 0 Å². The topological polar surface area (TPSA) is 21.6 Å². The molecule has 0 unspecified atom stereocenters. The summed E-state index contributed by atoms with van der Waals surface area (Å²) in [6, 6.07) is 16.2. The third kappa shape index (κ3) is 2.79. The molecule has 3 heteroatoms. The van der Waals surface area contributed by atoms with Gasteiger partial charge in [0.1, 0.15) is 12.8 Å². The number of hydrogen-bond donors (Lipinski definition) is 0. The average molecular weight is 304 g/mol. The van der Waals surface area contributed by atoms with Crippen LogP contribution in [0.4, 0.5) is 0 Å². The number of benzene rings is 2. The van der Waals surface area contributed by atoms with Gasteiger partial charge in [0, 0.05) is 15.6 Å². The second-order valence-electron chi connectivity index (χ2n) is 3.97. The number of nitrogens with zero attached hydrogens (tertiary/aromatic N) is 1. The Kier molecular flexibility index (Phi) is 4.15. The molecule has 92 valence electrons. The minimum atomic E-state index is 0.824. The minimum absolute atomic E-state index is 0.824. The fourth-order valence-corrected chi connectivity index (χ4v) is 2.44. The van der Waals surface area contributed by atoms with Crippen LogP contribution in [0.1, 0.15) is 16.7 Å². The molecule has 0 aliphatic carbocycles. The van der Waals surface area contributed by atoms with Gasteiger partial charge >= 0.3 is 0 Å². The van der Waals surface area contributed by atoms with Crippen molar-refractivity contribution in [2.45, 2.75) is 6.92 Å². The molecule has 0 fully saturated rings. The van der Waals surface area contributed by atoms with E-state index in [-0.39, 0.29) is 0 Å². The van der Waals surface area contributed by atoms with Crippen LogP contribution in [0.3, 0.4) is 0 Å². The molecule has 0 heterocycles. The van der Waals surface area contributed by atoms with Crippen molar-refractivity contribution in [2.24, 2.45) is 5.16 Å². The van der Waals surface area contributed by atoms with E-state index in [0.29, 0.717) is 0 Å². The third-order valence-corrected chi connectivity index (χ3v) is 3.27. The normalized spacial score (nSPS) is 11.4. The molecule has 0 N–H and O–H groups in total. The molecule has 0 saturated heterocycles. The van der Waals surface area contributed by atoms with Gasteiger partial charge in [-0.3, -0.25) is 0 Å². The summed E-state index contributed by atoms with van der Waals surface area (Å²) in [6.45, 7) is 2.06. The summed E-state index contributed by atoms with van der Waals surface area (Å²) < 4.78 is 1.02. The number of hydrogen-bond acceptors (Lipinski definition) is 2. The maximum absolute atomic E-state index is 4.97. The van der Waals surface area contributed by atoms with Gasteiger partial charge in [-0.25, -0.2) is 0 Å². The van der Waals surface area contributed by atoms with Gasteiger partial charge < -0.3 is 4.84 Å². The summed E-state index contributed by atoms with van der Waals surface area (Å²) in [7, 11) is 1.56. The van der Waals surface area contributed by atoms with Crippen LogP contribution in [0.15, 0.2) is 58.2 Å². The Morgan fingerprint density at radius 3 is 2.44 bits per heavy atom. The van der Waals surface area contributed by atoms with E-state index < -0.39 is 0 Å². The molecule has 0 radical (unpaired) electrons. The summed E-state index contributed by atoms with van der Waals surface area (Å²) in [6.07, 6.45) is 0. The quantitative estimate of drug-likeness (QED) is 0.616. The van der Waals surface area contributed by atoms with E-state index in [1.165, 1.54) is 5.56 Å². The van der Waals surface area contributed by atoms with Crippen molar-refractivity contribution in [3.8, 4) is 0 Å². The Labute approximate surface area is 115 Å². The van der Waals surface area contributed by atoms with E-state index in [1.807, 2.05) is 36.4 Å². The largest absolute Gasteiger partial charge is 0.399 e. The van der Waals surface area contributed by atoms with E-state index >= 15 is 0 Å². The molecular formula is C15H14BrNO. The van der Waals surface area contributed by atoms with Crippen molar-refractivity contribution in [1.29, 1.82) is 0 Å². The van der Waals surface area contributed by atoms with Crippen LogP contribution in [-0.2, 0) is 4.84 Å². The van der Waals surface area contributed by atoms with E-state index in [0.717, 1.165) is 21.3 Å². The zero-order chi connectivity index (χ0) is 13.0. The van der Waals surface area contributed by atoms with Crippen LogP contribution >= 0.6 is 15.9 Å². The van der Waals surface area contributed by atoms with Crippen LogP contribution < -0.4 is 0 Å². The molecule has 0 spiro atoms. The highest BCUT2D eigenvalue weighted by atomic mass is 79.9. The fraction of sp³-hybridized carbons (Fsp3) is 0.133. The Morgan fingerprint density at radius 2 is 1.83 bits per heavy atom. The first-order valence-corrected chi connectivity index (χ1v) is 6.45. The molecule has 2 nitrogen and oxygen atoms in total. The predicted molar refractivity (Wildman–Crippen MR) is 78.0 cm³/mol. The van der Waals surface area contributed by atoms with Crippen molar-refractivity contribution >= 4 is 21.6 Å². The molecule has 2 aromatic carbocycles. The lowest BCUT2D eigenvalue weighted by Crippen LogP contribution is -2.05. The molecule has 0 bridgehead atoms. The zero-order valence-corrected chi connectivity index (χ0v) is 11.9. The molecule has 0 aromatic heterocycles. The van der Waals surface area contributed by atoms with E-state index in [9.17, 15) is 0 Å². The Morgan fingerprint density at radius 1 is 1.11 bits per heavy atom. The van der Waals surface area contributed by atoms with E-state index in [1.54, 1.807) is 7.11 Å². The monoisotopic (exact) mass is 303 g/mol. The highest BCUT2D eigenvalue weighted by Gasteiger charge is 2.11. The van der Waals surface area contributed by atoms with Gasteiger partial charge in [-0.1, -0.05) is 63.6 Å². The summed E-state index contributed by atoms with van der Waals surface area (Å²) in [4.78, 5) is 4.97. The molecule has 0 aliphatic rings. The molecule has 0 aliphatic heterocycles. The van der Waals surface area contributed by atoms with Crippen LogP contribution in [0.2, 0.25) is 0 Å². The maximum atomic E-state index is 4.97. The molecule has 2 rings (SSSR count). The standard InChI is InChI=1S/C15H14BrNO/c1-11-8-9-13(14(16)10-11)15(17-18-2)12-6-4-3-5-7-12/h3-10H,1-2H3/b17-15-. The Balaban J connectivity index is 2.53. The van der Waals surface area contributed by atoms with Crippen LogP contribution in [0, 0.1) is 6.92 Å². The van der Waals surface area contributed by atoms with Crippen molar-refractivity contribution in [2.75, 3.05) is 7.11 Å². The zero-order valence-electron chi connectivity index (χ0n) is 10.4. The first-order chi connectivity index (χ1) is 8.72. The molecule has 0 atom stereocenters. The van der Waals surface area contributed by atoms with Gasteiger partial charge in [-0.2, -0.15) is 0 Å². The van der Waals surface area contributed by atoms with Gasteiger partial charge in [-0.05, 0) is 18.6 Å². The third-order valence-electron chi connectivity index (χ3n) is 2.61. The summed E-state index contributed by atoms with van der Waals surface area (Å²) in [5.74, 6) is 0. The molecular weight excluding hydrogens is 290 g/mol. The highest BCUT2D eigenvalue weighted by Crippen LogP contribution is 2.22. The van der Waals surface area contributed by atoms with E-state index in [2.05, 4.69) is 40.1 Å². The van der Waals surface area contributed by atoms with Gasteiger partial charge in [0.2, 0.25) is 0 Å². The molecule has 2 aromatic rings. The molecule has 18 heavy (non-hydrogen) atoms. The van der Waals surface area contributed by atoms with Crippen LogP contribution in [0.5, 0.6) is 0 Å². The number of oxime groups is 1. The molecule has 0 saturated carbocycles. The van der Waals surface area contributed by atoms with Gasteiger partial charge in [0.15, 0.2) is 0 Å². The first-order valence-electron chi connectivity index (χ1n) is 5.65. The predicted octanol–water partition coefficient (Wildman–Crippen LogP) is 4.16. The number of aryl methyl sites for hydroxylation is 1. The highest BCUT2D eigenvalue weighted by molar-refractivity contribution is 9.10. The second kappa shape index (κ2) is 5.83. The van der Waals surface area contributed by atoms with Crippen molar-refractivity contribution < 1.29 is 4.84 Å². The molecule has 0 amide bonds. The second-order valence-corrected chi connectivity index (χ2v) is 4.83. The van der Waals surface area contributed by atoms with Crippen LogP contribution in [0.25, 0.3) is 0 Å². The minimum Gasteiger partial charge on any atom is -0.399 e. The lowest BCUT2D eigenvalue weighted by atomic mass is 10.0. The lowest BCUT2D eigenvalue weighted by molar-refractivity contribution is 0.214. The van der Waals surface area contributed by atoms with Crippen molar-refractivity contribution in [3.05, 3.63) is 69.7 Å². The SMILES string of the molecule is CO/N=C(/c1ccccc1)c1ccc(C)cc1Br. The number of rotatable bonds is 3. The maximum Gasteiger partial charge on any atom is 0.118 e. The first kappa shape index (κ1) is 12.8. The Hall–Kier alpha value is -1.61. The summed E-state index contributed by atoms with van der Waals surface area (Å²) in [5.41, 5.74) is 4.08. The van der Waals surface area contributed by atoms with Crippen molar-refractivity contribution in [3.63, 3.8) is 0 Å². The van der Waals surface area contributed by atoms with Gasteiger partial charge in [0.05, 0.1) is 0 Å². The van der Waals surface area contributed by atoms with Crippen LogP contribution in [-0.4, -0.2) is 12.8 Å². The lowest BCUT2D eigenvalue weighted by Gasteiger charge is -2.09. The smallest absolute Gasteiger partial charge is 0.118 e. The van der Waals surface area contributed by atoms with Gasteiger partial charge in [-0.15, -0.1) is 0 Å². The average Bonchev–Trinajstić information content (AvgIpc) is 2.38. The van der Waals surface area contributed by atoms with E-state index in [4.69, 9.17) is 4.84 Å².